The molecule has 2 rings (SSSR count). The topological polar surface area (TPSA) is 52.7 Å². The third kappa shape index (κ3) is 5.55. The van der Waals surface area contributed by atoms with Crippen molar-refractivity contribution in [3.05, 3.63) is 24.3 Å². The summed E-state index contributed by atoms with van der Waals surface area (Å²) in [4.78, 5) is 28.0. The number of hydrogen-bond acceptors (Lipinski definition) is 3. The lowest BCUT2D eigenvalue weighted by molar-refractivity contribution is -0.133. The van der Waals surface area contributed by atoms with Crippen LogP contribution in [0.2, 0.25) is 0 Å². The van der Waals surface area contributed by atoms with Crippen molar-refractivity contribution >= 4 is 23.2 Å². The normalized spacial score (nSPS) is 14.3. The maximum absolute atomic E-state index is 12.0. The molecule has 0 spiro atoms. The number of nitrogens with zero attached hydrogens (tertiary/aromatic N) is 2. The van der Waals surface area contributed by atoms with E-state index in [-0.39, 0.29) is 18.2 Å². The monoisotopic (exact) mass is 331 g/mol. The molecular formula is C19H29N3O2. The quantitative estimate of drug-likeness (QED) is 0.780. The number of piperidine rings is 1. The maximum atomic E-state index is 12.0. The van der Waals surface area contributed by atoms with Crippen molar-refractivity contribution in [3.63, 3.8) is 0 Å². The number of hydrogen-bond donors (Lipinski definition) is 1. The highest BCUT2D eigenvalue weighted by Crippen LogP contribution is 2.21. The van der Waals surface area contributed by atoms with Crippen molar-refractivity contribution in [2.75, 3.05) is 36.9 Å². The summed E-state index contributed by atoms with van der Waals surface area (Å²) in [6.07, 6.45) is 5.69. The number of nitrogens with one attached hydrogen (secondary N) is 1. The molecule has 1 aliphatic heterocycles. The molecule has 1 aliphatic rings. The second-order valence-electron chi connectivity index (χ2n) is 6.49. The maximum Gasteiger partial charge on any atom is 0.233 e. The van der Waals surface area contributed by atoms with Crippen LogP contribution in [0.15, 0.2) is 24.3 Å². The van der Waals surface area contributed by atoms with Crippen LogP contribution in [0.4, 0.5) is 11.4 Å². The summed E-state index contributed by atoms with van der Waals surface area (Å²) in [5.74, 6) is -0.389. The highest BCUT2D eigenvalue weighted by atomic mass is 16.2. The molecule has 0 aliphatic carbocycles. The van der Waals surface area contributed by atoms with Gasteiger partial charge in [-0.1, -0.05) is 13.3 Å². The lowest BCUT2D eigenvalue weighted by atomic mass is 10.1. The number of amides is 2. The Balaban J connectivity index is 1.82. The molecule has 1 heterocycles. The van der Waals surface area contributed by atoms with E-state index in [1.807, 2.05) is 24.3 Å². The third-order valence-corrected chi connectivity index (χ3v) is 4.46. The standard InChI is InChI=1S/C19H29N3O2/c1-3-4-12-21(2)19(24)15-18(23)20-16-8-10-17(11-9-16)22-13-6-5-7-14-22/h8-11H,3-7,12-15H2,1-2H3,(H,20,23). The molecule has 1 aromatic carbocycles. The van der Waals surface area contributed by atoms with Gasteiger partial charge in [-0.2, -0.15) is 0 Å². The summed E-state index contributed by atoms with van der Waals surface area (Å²) in [7, 11) is 1.75. The van der Waals surface area contributed by atoms with Gasteiger partial charge in [-0.05, 0) is 49.9 Å². The minimum atomic E-state index is -0.255. The fraction of sp³-hybridized carbons (Fsp3) is 0.579. The average Bonchev–Trinajstić information content (AvgIpc) is 2.61. The zero-order valence-electron chi connectivity index (χ0n) is 14.9. The first-order valence-electron chi connectivity index (χ1n) is 8.99. The van der Waals surface area contributed by atoms with E-state index in [4.69, 9.17) is 0 Å². The molecular weight excluding hydrogens is 302 g/mol. The van der Waals surface area contributed by atoms with E-state index in [1.165, 1.54) is 24.9 Å². The molecule has 1 aromatic rings. The summed E-state index contributed by atoms with van der Waals surface area (Å²) < 4.78 is 0. The molecule has 0 saturated carbocycles. The Morgan fingerprint density at radius 3 is 2.42 bits per heavy atom. The Morgan fingerprint density at radius 1 is 1.12 bits per heavy atom. The molecule has 0 radical (unpaired) electrons. The highest BCUT2D eigenvalue weighted by molar-refractivity contribution is 6.03. The van der Waals surface area contributed by atoms with Crippen LogP contribution in [-0.2, 0) is 9.59 Å². The third-order valence-electron chi connectivity index (χ3n) is 4.46. The van der Waals surface area contributed by atoms with E-state index in [2.05, 4.69) is 17.1 Å². The lowest BCUT2D eigenvalue weighted by Crippen LogP contribution is -2.31. The van der Waals surface area contributed by atoms with Crippen molar-refractivity contribution < 1.29 is 9.59 Å². The van der Waals surface area contributed by atoms with Crippen LogP contribution in [0.25, 0.3) is 0 Å². The Labute approximate surface area is 145 Å². The fourth-order valence-corrected chi connectivity index (χ4v) is 2.91. The average molecular weight is 331 g/mol. The summed E-state index contributed by atoms with van der Waals surface area (Å²) in [5, 5.41) is 2.81. The molecule has 0 atom stereocenters. The highest BCUT2D eigenvalue weighted by Gasteiger charge is 2.14. The predicted octanol–water partition coefficient (Wildman–Crippen LogP) is 3.26. The lowest BCUT2D eigenvalue weighted by Gasteiger charge is -2.28. The summed E-state index contributed by atoms with van der Waals surface area (Å²) in [6.45, 7) is 4.99. The van der Waals surface area contributed by atoms with E-state index in [9.17, 15) is 9.59 Å². The van der Waals surface area contributed by atoms with Crippen LogP contribution in [0, 0.1) is 0 Å². The number of anilines is 2. The number of unbranched alkanes of at least 4 members (excludes halogenated alkanes) is 1. The summed E-state index contributed by atoms with van der Waals surface area (Å²) >= 11 is 0. The van der Waals surface area contributed by atoms with Gasteiger partial charge >= 0.3 is 0 Å². The van der Waals surface area contributed by atoms with Crippen LogP contribution >= 0.6 is 0 Å². The fourth-order valence-electron chi connectivity index (χ4n) is 2.91. The Hall–Kier alpha value is -2.04. The molecule has 5 nitrogen and oxygen atoms in total. The Bertz CT molecular complexity index is 536. The molecule has 0 aromatic heterocycles. The van der Waals surface area contributed by atoms with Gasteiger partial charge in [-0.15, -0.1) is 0 Å². The van der Waals surface area contributed by atoms with Crippen molar-refractivity contribution in [3.8, 4) is 0 Å². The van der Waals surface area contributed by atoms with E-state index < -0.39 is 0 Å². The van der Waals surface area contributed by atoms with Gasteiger partial charge in [0.1, 0.15) is 6.42 Å². The first-order chi connectivity index (χ1) is 11.6. The van der Waals surface area contributed by atoms with Crippen LogP contribution in [0.3, 0.4) is 0 Å². The Morgan fingerprint density at radius 2 is 1.79 bits per heavy atom. The van der Waals surface area contributed by atoms with Gasteiger partial charge in [0.2, 0.25) is 11.8 Å². The van der Waals surface area contributed by atoms with Gasteiger partial charge in [-0.3, -0.25) is 9.59 Å². The second kappa shape index (κ2) is 9.30. The Kier molecular flexibility index (Phi) is 7.09. The van der Waals surface area contributed by atoms with E-state index in [0.29, 0.717) is 6.54 Å². The van der Waals surface area contributed by atoms with Crippen LogP contribution in [0.1, 0.15) is 45.4 Å². The summed E-state index contributed by atoms with van der Waals surface area (Å²) in [6, 6.07) is 7.90. The van der Waals surface area contributed by atoms with Crippen molar-refractivity contribution in [1.29, 1.82) is 0 Å². The van der Waals surface area contributed by atoms with Gasteiger partial charge in [-0.25, -0.2) is 0 Å². The smallest absolute Gasteiger partial charge is 0.233 e. The van der Waals surface area contributed by atoms with E-state index >= 15 is 0 Å². The predicted molar refractivity (Wildman–Crippen MR) is 98.3 cm³/mol. The second-order valence-corrected chi connectivity index (χ2v) is 6.49. The molecule has 0 unspecified atom stereocenters. The molecule has 1 fully saturated rings. The largest absolute Gasteiger partial charge is 0.372 e. The van der Waals surface area contributed by atoms with Crippen LogP contribution in [-0.4, -0.2) is 43.4 Å². The van der Waals surface area contributed by atoms with Gasteiger partial charge in [0.25, 0.3) is 0 Å². The summed E-state index contributed by atoms with van der Waals surface area (Å²) in [5.41, 5.74) is 1.94. The number of rotatable bonds is 7. The zero-order chi connectivity index (χ0) is 17.4. The van der Waals surface area contributed by atoms with Gasteiger partial charge < -0.3 is 15.1 Å². The first kappa shape index (κ1) is 18.3. The number of carbonyl (C=O) groups excluding carboxylic acids is 2. The van der Waals surface area contributed by atoms with E-state index in [1.54, 1.807) is 11.9 Å². The molecule has 0 bridgehead atoms. The number of carbonyl (C=O) groups is 2. The molecule has 2 amide bonds. The molecule has 5 heteroatoms. The van der Waals surface area contributed by atoms with Crippen LogP contribution in [0.5, 0.6) is 0 Å². The van der Waals surface area contributed by atoms with Crippen molar-refractivity contribution in [2.24, 2.45) is 0 Å². The number of benzene rings is 1. The zero-order valence-corrected chi connectivity index (χ0v) is 14.9. The van der Waals surface area contributed by atoms with E-state index in [0.717, 1.165) is 31.6 Å². The van der Waals surface area contributed by atoms with Crippen molar-refractivity contribution in [2.45, 2.75) is 45.4 Å². The van der Waals surface area contributed by atoms with Gasteiger partial charge in [0.15, 0.2) is 0 Å². The van der Waals surface area contributed by atoms with Gasteiger partial charge in [0, 0.05) is 38.1 Å². The SMILES string of the molecule is CCCCN(C)C(=O)CC(=O)Nc1ccc(N2CCCCC2)cc1. The molecule has 1 N–H and O–H groups in total. The molecule has 132 valence electrons. The molecule has 1 saturated heterocycles. The molecule has 24 heavy (non-hydrogen) atoms. The van der Waals surface area contributed by atoms with Crippen molar-refractivity contribution in [1.82, 2.24) is 4.90 Å². The minimum Gasteiger partial charge on any atom is -0.372 e. The van der Waals surface area contributed by atoms with Crippen LogP contribution < -0.4 is 10.2 Å². The minimum absolute atomic E-state index is 0.103. The first-order valence-corrected chi connectivity index (χ1v) is 8.99. The van der Waals surface area contributed by atoms with Gasteiger partial charge in [0.05, 0.1) is 0 Å².